The molecule has 4 atom stereocenters. The van der Waals surface area contributed by atoms with E-state index in [9.17, 15) is 9.59 Å². The van der Waals surface area contributed by atoms with E-state index >= 15 is 0 Å². The molecule has 1 heterocycles. The first-order chi connectivity index (χ1) is 6.25. The summed E-state index contributed by atoms with van der Waals surface area (Å²) in [6, 6.07) is -0.168. The summed E-state index contributed by atoms with van der Waals surface area (Å²) in [5, 5.41) is 5.22. The van der Waals surface area contributed by atoms with Gasteiger partial charge in [0.25, 0.3) is 0 Å². The maximum atomic E-state index is 11.5. The topological polar surface area (TPSA) is 58.2 Å². The van der Waals surface area contributed by atoms with Crippen molar-refractivity contribution >= 4 is 11.9 Å². The number of nitrogens with one attached hydrogen (secondary N) is 2. The first-order valence-electron chi connectivity index (χ1n) is 4.87. The summed E-state index contributed by atoms with van der Waals surface area (Å²) >= 11 is 0. The predicted molar refractivity (Wildman–Crippen MR) is 44.8 cm³/mol. The molecular formula is C9H12N2O2. The van der Waals surface area contributed by atoms with Gasteiger partial charge in [0.05, 0.1) is 5.92 Å². The number of carbonyl (C=O) groups excluding carboxylic acids is 2. The highest BCUT2D eigenvalue weighted by Crippen LogP contribution is 2.49. The van der Waals surface area contributed by atoms with Gasteiger partial charge in [-0.2, -0.15) is 0 Å². The molecule has 0 aromatic heterocycles. The minimum Gasteiger partial charge on any atom is -0.334 e. The number of amides is 3. The highest BCUT2D eigenvalue weighted by molar-refractivity contribution is 5.99. The fourth-order valence-corrected chi connectivity index (χ4v) is 3.26. The van der Waals surface area contributed by atoms with E-state index in [0.29, 0.717) is 11.8 Å². The van der Waals surface area contributed by atoms with Crippen LogP contribution in [0.15, 0.2) is 0 Å². The Bertz CT molecular complexity index is 289. The van der Waals surface area contributed by atoms with Crippen molar-refractivity contribution in [2.45, 2.75) is 25.3 Å². The van der Waals surface area contributed by atoms with Crippen molar-refractivity contribution in [3.05, 3.63) is 0 Å². The minimum absolute atomic E-state index is 0.0547. The standard InChI is InChI=1S/C9H12N2O2/c12-8-6-4-1-2-5(3-4)7(6)10-9(13)11-8/h4-7H,1-3H2,(H2,10,11,12,13)/t4-,5+,6+,7-/m0/s1. The van der Waals surface area contributed by atoms with Crippen LogP contribution >= 0.6 is 0 Å². The number of hydrogen-bond donors (Lipinski definition) is 2. The molecule has 2 aliphatic carbocycles. The Morgan fingerprint density at radius 3 is 2.77 bits per heavy atom. The summed E-state index contributed by atoms with van der Waals surface area (Å²) < 4.78 is 0. The Balaban J connectivity index is 1.93. The molecular weight excluding hydrogens is 168 g/mol. The molecule has 0 radical (unpaired) electrons. The summed E-state index contributed by atoms with van der Waals surface area (Å²) in [5.41, 5.74) is 0. The van der Waals surface area contributed by atoms with E-state index in [1.54, 1.807) is 0 Å². The number of fused-ring (bicyclic) bond motifs is 5. The van der Waals surface area contributed by atoms with Crippen LogP contribution in [0, 0.1) is 17.8 Å². The van der Waals surface area contributed by atoms with Crippen molar-refractivity contribution < 1.29 is 9.59 Å². The van der Waals surface area contributed by atoms with Gasteiger partial charge in [-0.1, -0.05) is 0 Å². The van der Waals surface area contributed by atoms with E-state index in [0.717, 1.165) is 12.8 Å². The maximum absolute atomic E-state index is 11.5. The van der Waals surface area contributed by atoms with E-state index in [1.165, 1.54) is 6.42 Å². The van der Waals surface area contributed by atoms with Crippen LogP contribution in [-0.2, 0) is 4.79 Å². The number of rotatable bonds is 0. The van der Waals surface area contributed by atoms with Crippen LogP contribution in [0.5, 0.6) is 0 Å². The second kappa shape index (κ2) is 2.25. The smallest absolute Gasteiger partial charge is 0.321 e. The highest BCUT2D eigenvalue weighted by Gasteiger charge is 2.53. The van der Waals surface area contributed by atoms with Crippen LogP contribution in [-0.4, -0.2) is 18.0 Å². The Kier molecular flexibility index (Phi) is 1.27. The normalized spacial score (nSPS) is 47.1. The molecule has 1 aliphatic heterocycles. The zero-order valence-corrected chi connectivity index (χ0v) is 7.25. The monoisotopic (exact) mass is 180 g/mol. The van der Waals surface area contributed by atoms with Crippen LogP contribution in [0.2, 0.25) is 0 Å². The fourth-order valence-electron chi connectivity index (χ4n) is 3.26. The molecule has 3 aliphatic rings. The molecule has 2 saturated carbocycles. The fraction of sp³-hybridized carbons (Fsp3) is 0.778. The first kappa shape index (κ1) is 7.35. The van der Waals surface area contributed by atoms with Gasteiger partial charge in [-0.25, -0.2) is 4.79 Å². The van der Waals surface area contributed by atoms with Gasteiger partial charge in [-0.15, -0.1) is 0 Å². The average Bonchev–Trinajstić information content (AvgIpc) is 2.62. The van der Waals surface area contributed by atoms with E-state index in [2.05, 4.69) is 10.6 Å². The molecule has 0 aromatic carbocycles. The third-order valence-corrected chi connectivity index (χ3v) is 3.75. The summed E-state index contributed by atoms with van der Waals surface area (Å²) in [4.78, 5) is 22.6. The lowest BCUT2D eigenvalue weighted by Gasteiger charge is -2.34. The lowest BCUT2D eigenvalue weighted by molar-refractivity contribution is -0.127. The minimum atomic E-state index is -0.307. The van der Waals surface area contributed by atoms with Crippen molar-refractivity contribution in [2.75, 3.05) is 0 Å². The van der Waals surface area contributed by atoms with Gasteiger partial charge in [0, 0.05) is 6.04 Å². The van der Waals surface area contributed by atoms with E-state index < -0.39 is 0 Å². The summed E-state index contributed by atoms with van der Waals surface area (Å²) in [6.45, 7) is 0. The maximum Gasteiger partial charge on any atom is 0.321 e. The second-order valence-corrected chi connectivity index (χ2v) is 4.35. The number of imide groups is 1. The Labute approximate surface area is 76.1 Å². The Morgan fingerprint density at radius 1 is 1.15 bits per heavy atom. The van der Waals surface area contributed by atoms with Crippen molar-refractivity contribution in [1.29, 1.82) is 0 Å². The number of urea groups is 1. The summed E-state index contributed by atoms with van der Waals surface area (Å²) in [7, 11) is 0. The molecule has 1 saturated heterocycles. The van der Waals surface area contributed by atoms with Crippen molar-refractivity contribution in [3.8, 4) is 0 Å². The molecule has 2 N–H and O–H groups in total. The molecule has 0 aromatic rings. The SMILES string of the molecule is O=C1NC(=O)[C@@H]2[C@H]3CC[C@H](C3)[C@@H]2N1. The van der Waals surface area contributed by atoms with Crippen LogP contribution in [0.1, 0.15) is 19.3 Å². The summed E-state index contributed by atoms with van der Waals surface area (Å²) in [5.74, 6) is 1.10. The van der Waals surface area contributed by atoms with Gasteiger partial charge in [-0.3, -0.25) is 10.1 Å². The van der Waals surface area contributed by atoms with Crippen molar-refractivity contribution in [2.24, 2.45) is 17.8 Å². The molecule has 13 heavy (non-hydrogen) atoms. The third-order valence-electron chi connectivity index (χ3n) is 3.75. The van der Waals surface area contributed by atoms with Gasteiger partial charge in [-0.05, 0) is 31.1 Å². The molecule has 3 fully saturated rings. The summed E-state index contributed by atoms with van der Waals surface area (Å²) in [6.07, 6.45) is 3.47. The van der Waals surface area contributed by atoms with Gasteiger partial charge in [0.15, 0.2) is 0 Å². The van der Waals surface area contributed by atoms with Crippen molar-refractivity contribution in [3.63, 3.8) is 0 Å². The zero-order valence-electron chi connectivity index (χ0n) is 7.25. The molecule has 0 unspecified atom stereocenters. The van der Waals surface area contributed by atoms with Gasteiger partial charge in [0.2, 0.25) is 5.91 Å². The average molecular weight is 180 g/mol. The first-order valence-corrected chi connectivity index (χ1v) is 4.87. The zero-order chi connectivity index (χ0) is 9.00. The van der Waals surface area contributed by atoms with Crippen LogP contribution in [0.3, 0.4) is 0 Å². The lowest BCUT2D eigenvalue weighted by atomic mass is 9.83. The van der Waals surface area contributed by atoms with Gasteiger partial charge >= 0.3 is 6.03 Å². The molecule has 4 nitrogen and oxygen atoms in total. The van der Waals surface area contributed by atoms with Gasteiger partial charge < -0.3 is 5.32 Å². The molecule has 70 valence electrons. The van der Waals surface area contributed by atoms with E-state index in [-0.39, 0.29) is 23.9 Å². The van der Waals surface area contributed by atoms with E-state index in [1.807, 2.05) is 0 Å². The third kappa shape index (κ3) is 0.857. The second-order valence-electron chi connectivity index (χ2n) is 4.35. The molecule has 2 bridgehead atoms. The molecule has 3 rings (SSSR count). The van der Waals surface area contributed by atoms with Crippen LogP contribution in [0.25, 0.3) is 0 Å². The number of hydrogen-bond acceptors (Lipinski definition) is 2. The Morgan fingerprint density at radius 2 is 1.92 bits per heavy atom. The molecule has 4 heteroatoms. The van der Waals surface area contributed by atoms with Crippen molar-refractivity contribution in [1.82, 2.24) is 10.6 Å². The predicted octanol–water partition coefficient (Wildman–Crippen LogP) is 0.240. The highest BCUT2D eigenvalue weighted by atomic mass is 16.2. The van der Waals surface area contributed by atoms with Crippen LogP contribution in [0.4, 0.5) is 4.79 Å². The largest absolute Gasteiger partial charge is 0.334 e. The van der Waals surface area contributed by atoms with Crippen LogP contribution < -0.4 is 10.6 Å². The molecule has 0 spiro atoms. The number of carbonyl (C=O) groups is 2. The lowest BCUT2D eigenvalue weighted by Crippen LogP contribution is -2.59. The Hall–Kier alpha value is -1.06. The van der Waals surface area contributed by atoms with E-state index in [4.69, 9.17) is 0 Å². The molecule has 3 amide bonds. The quantitative estimate of drug-likeness (QED) is 0.561. The van der Waals surface area contributed by atoms with Gasteiger partial charge in [0.1, 0.15) is 0 Å².